The standard InChI is InChI=1S/C10H11BrF2N2S/c1-15(5-8(12)13)7-4-2-3-6(11)9(7)10(14)16/h2-4,8H,5H2,1H3,(H2,14,16). The Morgan fingerprint density at radius 1 is 1.56 bits per heavy atom. The van der Waals surface area contributed by atoms with E-state index >= 15 is 0 Å². The Bertz CT molecular complexity index is 398. The van der Waals surface area contributed by atoms with Crippen molar-refractivity contribution in [2.24, 2.45) is 5.73 Å². The molecule has 0 saturated heterocycles. The predicted molar refractivity (Wildman–Crippen MR) is 69.3 cm³/mol. The number of thiocarbonyl (C=S) groups is 1. The van der Waals surface area contributed by atoms with E-state index in [0.29, 0.717) is 15.7 Å². The topological polar surface area (TPSA) is 29.3 Å². The Morgan fingerprint density at radius 3 is 2.69 bits per heavy atom. The van der Waals surface area contributed by atoms with E-state index in [0.717, 1.165) is 0 Å². The number of nitrogens with two attached hydrogens (primary N) is 1. The molecule has 0 aliphatic carbocycles. The number of hydrogen-bond donors (Lipinski definition) is 1. The number of benzene rings is 1. The van der Waals surface area contributed by atoms with E-state index < -0.39 is 6.43 Å². The summed E-state index contributed by atoms with van der Waals surface area (Å²) in [6, 6.07) is 5.24. The van der Waals surface area contributed by atoms with E-state index in [1.165, 1.54) is 4.90 Å². The van der Waals surface area contributed by atoms with E-state index in [1.807, 2.05) is 0 Å². The molecule has 88 valence electrons. The highest BCUT2D eigenvalue weighted by Gasteiger charge is 2.15. The first kappa shape index (κ1) is 13.3. The summed E-state index contributed by atoms with van der Waals surface area (Å²) >= 11 is 8.20. The lowest BCUT2D eigenvalue weighted by molar-refractivity contribution is 0.156. The van der Waals surface area contributed by atoms with Crippen molar-refractivity contribution in [3.63, 3.8) is 0 Å². The molecular weight excluding hydrogens is 298 g/mol. The smallest absolute Gasteiger partial charge is 0.255 e. The monoisotopic (exact) mass is 308 g/mol. The first-order valence-corrected chi connectivity index (χ1v) is 5.71. The van der Waals surface area contributed by atoms with Gasteiger partial charge < -0.3 is 10.6 Å². The molecular formula is C10H11BrF2N2S. The minimum atomic E-state index is -2.40. The van der Waals surface area contributed by atoms with Gasteiger partial charge in [0.2, 0.25) is 0 Å². The van der Waals surface area contributed by atoms with Crippen LogP contribution in [0, 0.1) is 0 Å². The zero-order valence-electron chi connectivity index (χ0n) is 8.58. The molecule has 0 saturated carbocycles. The van der Waals surface area contributed by atoms with Crippen LogP contribution >= 0.6 is 28.1 Å². The van der Waals surface area contributed by atoms with Crippen molar-refractivity contribution in [3.05, 3.63) is 28.2 Å². The number of nitrogens with zero attached hydrogens (tertiary/aromatic N) is 1. The minimum Gasteiger partial charge on any atom is -0.389 e. The number of halogens is 3. The maximum absolute atomic E-state index is 12.3. The van der Waals surface area contributed by atoms with Crippen LogP contribution in [0.4, 0.5) is 14.5 Å². The molecule has 0 aromatic heterocycles. The fraction of sp³-hybridized carbons (Fsp3) is 0.300. The summed E-state index contributed by atoms with van der Waals surface area (Å²) in [6.07, 6.45) is -2.40. The Morgan fingerprint density at radius 2 is 2.19 bits per heavy atom. The zero-order chi connectivity index (χ0) is 12.3. The SMILES string of the molecule is CN(CC(F)F)c1cccc(Br)c1C(N)=S. The van der Waals surface area contributed by atoms with Crippen molar-refractivity contribution in [1.82, 2.24) is 0 Å². The first-order chi connectivity index (χ1) is 7.43. The summed E-state index contributed by atoms with van der Waals surface area (Å²) in [5, 5.41) is 0. The van der Waals surface area contributed by atoms with Crippen molar-refractivity contribution in [2.75, 3.05) is 18.5 Å². The summed E-state index contributed by atoms with van der Waals surface area (Å²) in [4.78, 5) is 1.62. The third-order valence-electron chi connectivity index (χ3n) is 2.06. The van der Waals surface area contributed by atoms with Crippen LogP contribution in [0.5, 0.6) is 0 Å². The largest absolute Gasteiger partial charge is 0.389 e. The molecule has 0 fully saturated rings. The molecule has 0 radical (unpaired) electrons. The molecule has 2 N–H and O–H groups in total. The van der Waals surface area contributed by atoms with E-state index in [-0.39, 0.29) is 11.5 Å². The van der Waals surface area contributed by atoms with Gasteiger partial charge >= 0.3 is 0 Å². The number of rotatable bonds is 4. The molecule has 0 heterocycles. The van der Waals surface area contributed by atoms with Crippen LogP contribution in [-0.4, -0.2) is 25.0 Å². The third-order valence-corrected chi connectivity index (χ3v) is 2.93. The lowest BCUT2D eigenvalue weighted by Gasteiger charge is -2.22. The van der Waals surface area contributed by atoms with E-state index in [2.05, 4.69) is 15.9 Å². The molecule has 16 heavy (non-hydrogen) atoms. The molecule has 0 spiro atoms. The van der Waals surface area contributed by atoms with Crippen LogP contribution in [0.2, 0.25) is 0 Å². The van der Waals surface area contributed by atoms with Crippen molar-refractivity contribution in [1.29, 1.82) is 0 Å². The molecule has 0 aliphatic rings. The molecule has 0 bridgehead atoms. The van der Waals surface area contributed by atoms with Gasteiger partial charge in [-0.05, 0) is 28.1 Å². The molecule has 0 unspecified atom stereocenters. The average molecular weight is 309 g/mol. The summed E-state index contributed by atoms with van der Waals surface area (Å²) in [6.45, 7) is -0.355. The van der Waals surface area contributed by atoms with E-state index in [1.54, 1.807) is 25.2 Å². The maximum Gasteiger partial charge on any atom is 0.255 e. The highest BCUT2D eigenvalue weighted by atomic mass is 79.9. The fourth-order valence-electron chi connectivity index (χ4n) is 1.38. The van der Waals surface area contributed by atoms with Crippen LogP contribution in [0.3, 0.4) is 0 Å². The van der Waals surface area contributed by atoms with Gasteiger partial charge in [-0.2, -0.15) is 0 Å². The minimum absolute atomic E-state index is 0.184. The molecule has 2 nitrogen and oxygen atoms in total. The van der Waals surface area contributed by atoms with Crippen molar-refractivity contribution >= 4 is 38.8 Å². The summed E-state index contributed by atoms with van der Waals surface area (Å²) < 4.78 is 25.3. The van der Waals surface area contributed by atoms with Gasteiger partial charge in [0.05, 0.1) is 6.54 Å². The third kappa shape index (κ3) is 3.12. The van der Waals surface area contributed by atoms with Gasteiger partial charge in [0.15, 0.2) is 0 Å². The van der Waals surface area contributed by atoms with Gasteiger partial charge in [0, 0.05) is 22.8 Å². The molecule has 1 rings (SSSR count). The summed E-state index contributed by atoms with van der Waals surface area (Å²) in [5.74, 6) is 0. The molecule has 1 aromatic rings. The van der Waals surface area contributed by atoms with Gasteiger partial charge in [-0.1, -0.05) is 18.3 Å². The second-order valence-electron chi connectivity index (χ2n) is 3.27. The number of anilines is 1. The molecule has 0 atom stereocenters. The van der Waals surface area contributed by atoms with Gasteiger partial charge in [0.1, 0.15) is 4.99 Å². The first-order valence-electron chi connectivity index (χ1n) is 4.51. The van der Waals surface area contributed by atoms with Crippen molar-refractivity contribution in [3.8, 4) is 0 Å². The van der Waals surface area contributed by atoms with Crippen molar-refractivity contribution in [2.45, 2.75) is 6.43 Å². The van der Waals surface area contributed by atoms with Crippen molar-refractivity contribution < 1.29 is 8.78 Å². The average Bonchev–Trinajstić information content (AvgIpc) is 2.15. The number of alkyl halides is 2. The zero-order valence-corrected chi connectivity index (χ0v) is 11.0. The normalized spacial score (nSPS) is 10.6. The van der Waals surface area contributed by atoms with Gasteiger partial charge in [-0.25, -0.2) is 8.78 Å². The van der Waals surface area contributed by atoms with Crippen LogP contribution in [-0.2, 0) is 0 Å². The predicted octanol–water partition coefficient (Wildman–Crippen LogP) is 2.78. The van der Waals surface area contributed by atoms with Gasteiger partial charge in [-0.15, -0.1) is 0 Å². The maximum atomic E-state index is 12.3. The Balaban J connectivity index is 3.12. The Labute approximate surface area is 107 Å². The Hall–Kier alpha value is -0.750. The number of hydrogen-bond acceptors (Lipinski definition) is 2. The molecule has 0 aliphatic heterocycles. The highest BCUT2D eigenvalue weighted by molar-refractivity contribution is 9.10. The van der Waals surface area contributed by atoms with Crippen LogP contribution in [0.25, 0.3) is 0 Å². The highest BCUT2D eigenvalue weighted by Crippen LogP contribution is 2.27. The van der Waals surface area contributed by atoms with Crippen LogP contribution < -0.4 is 10.6 Å². The summed E-state index contributed by atoms with van der Waals surface area (Å²) in [7, 11) is 1.58. The summed E-state index contributed by atoms with van der Waals surface area (Å²) in [5.41, 5.74) is 6.75. The van der Waals surface area contributed by atoms with Gasteiger partial charge in [-0.3, -0.25) is 0 Å². The molecule has 1 aromatic carbocycles. The van der Waals surface area contributed by atoms with Gasteiger partial charge in [0.25, 0.3) is 6.43 Å². The fourth-order valence-corrected chi connectivity index (χ4v) is 2.30. The van der Waals surface area contributed by atoms with E-state index in [9.17, 15) is 8.78 Å². The molecule has 0 amide bonds. The Kier molecular flexibility index (Phi) is 4.61. The second kappa shape index (κ2) is 5.54. The van der Waals surface area contributed by atoms with Crippen LogP contribution in [0.15, 0.2) is 22.7 Å². The molecule has 6 heteroatoms. The van der Waals surface area contributed by atoms with Crippen LogP contribution in [0.1, 0.15) is 5.56 Å². The van der Waals surface area contributed by atoms with E-state index in [4.69, 9.17) is 18.0 Å². The quantitative estimate of drug-likeness (QED) is 0.867. The second-order valence-corrected chi connectivity index (χ2v) is 4.56. The lowest BCUT2D eigenvalue weighted by atomic mass is 10.1. The lowest BCUT2D eigenvalue weighted by Crippen LogP contribution is -2.27.